The molecule has 0 spiro atoms. The van der Waals surface area contributed by atoms with Crippen molar-refractivity contribution < 1.29 is 19.1 Å². The minimum absolute atomic E-state index is 0.0492. The van der Waals surface area contributed by atoms with Gasteiger partial charge >= 0.3 is 0 Å². The lowest BCUT2D eigenvalue weighted by Gasteiger charge is -2.08. The molecule has 5 nitrogen and oxygen atoms in total. The third-order valence-corrected chi connectivity index (χ3v) is 3.06. The molecule has 1 fully saturated rings. The SMILES string of the molecule is O=C(CCCNC(=O)C1CC1)Nc1cc(F)ccc1O. The van der Waals surface area contributed by atoms with Gasteiger partial charge in [0.1, 0.15) is 11.6 Å². The predicted octanol–water partition coefficient (Wildman–Crippen LogP) is 1.78. The van der Waals surface area contributed by atoms with Gasteiger partial charge in [0.15, 0.2) is 0 Å². The van der Waals surface area contributed by atoms with E-state index in [1.807, 2.05) is 0 Å². The van der Waals surface area contributed by atoms with Crippen LogP contribution in [0.5, 0.6) is 5.75 Å². The second-order valence-electron chi connectivity index (χ2n) is 4.88. The van der Waals surface area contributed by atoms with Crippen molar-refractivity contribution in [2.24, 2.45) is 5.92 Å². The molecule has 6 heteroatoms. The van der Waals surface area contributed by atoms with Crippen LogP contribution in [0.25, 0.3) is 0 Å². The standard InChI is InChI=1S/C14H17FN2O3/c15-10-5-6-12(18)11(8-10)17-13(19)2-1-7-16-14(20)9-3-4-9/h5-6,8-9,18H,1-4,7H2,(H,16,20)(H,17,19). The Morgan fingerprint density at radius 3 is 2.80 bits per heavy atom. The third kappa shape index (κ3) is 4.22. The van der Waals surface area contributed by atoms with Gasteiger partial charge in [-0.2, -0.15) is 0 Å². The summed E-state index contributed by atoms with van der Waals surface area (Å²) in [5.41, 5.74) is 0.0528. The Bertz CT molecular complexity index is 515. The van der Waals surface area contributed by atoms with E-state index in [1.54, 1.807) is 0 Å². The average Bonchev–Trinajstić information content (AvgIpc) is 3.23. The van der Waals surface area contributed by atoms with E-state index < -0.39 is 5.82 Å². The van der Waals surface area contributed by atoms with E-state index in [4.69, 9.17) is 0 Å². The van der Waals surface area contributed by atoms with Gasteiger partial charge in [-0.3, -0.25) is 9.59 Å². The van der Waals surface area contributed by atoms with Gasteiger partial charge in [0, 0.05) is 24.9 Å². The molecule has 2 amide bonds. The highest BCUT2D eigenvalue weighted by Crippen LogP contribution is 2.28. The van der Waals surface area contributed by atoms with Crippen molar-refractivity contribution >= 4 is 17.5 Å². The molecule has 108 valence electrons. The summed E-state index contributed by atoms with van der Waals surface area (Å²) in [4.78, 5) is 22.9. The maximum Gasteiger partial charge on any atom is 0.224 e. The molecule has 0 heterocycles. The van der Waals surface area contributed by atoms with E-state index in [-0.39, 0.29) is 35.6 Å². The number of aromatic hydroxyl groups is 1. The zero-order valence-corrected chi connectivity index (χ0v) is 11.0. The molecule has 0 aliphatic heterocycles. The van der Waals surface area contributed by atoms with Crippen LogP contribution < -0.4 is 10.6 Å². The monoisotopic (exact) mass is 280 g/mol. The zero-order valence-electron chi connectivity index (χ0n) is 11.0. The number of anilines is 1. The number of hydrogen-bond donors (Lipinski definition) is 3. The molecule has 1 aromatic rings. The number of phenolic OH excluding ortho intramolecular Hbond substituents is 1. The molecule has 2 rings (SSSR count). The second kappa shape index (κ2) is 6.36. The molecule has 0 atom stereocenters. The Morgan fingerprint density at radius 2 is 2.10 bits per heavy atom. The average molecular weight is 280 g/mol. The van der Waals surface area contributed by atoms with Crippen molar-refractivity contribution in [3.63, 3.8) is 0 Å². The lowest BCUT2D eigenvalue weighted by atomic mass is 10.2. The summed E-state index contributed by atoms with van der Waals surface area (Å²) in [6.07, 6.45) is 2.59. The Labute approximate surface area is 116 Å². The van der Waals surface area contributed by atoms with E-state index in [1.165, 1.54) is 6.07 Å². The molecule has 20 heavy (non-hydrogen) atoms. The van der Waals surface area contributed by atoms with Crippen LogP contribution >= 0.6 is 0 Å². The Balaban J connectivity index is 1.69. The molecular weight excluding hydrogens is 263 g/mol. The zero-order chi connectivity index (χ0) is 14.5. The summed E-state index contributed by atoms with van der Waals surface area (Å²) < 4.78 is 13.0. The van der Waals surface area contributed by atoms with Crippen molar-refractivity contribution in [2.45, 2.75) is 25.7 Å². The molecule has 1 aromatic carbocycles. The van der Waals surface area contributed by atoms with Gasteiger partial charge in [-0.15, -0.1) is 0 Å². The van der Waals surface area contributed by atoms with Crippen LogP contribution in [0, 0.1) is 11.7 Å². The third-order valence-electron chi connectivity index (χ3n) is 3.06. The van der Waals surface area contributed by atoms with Crippen LogP contribution in [-0.2, 0) is 9.59 Å². The van der Waals surface area contributed by atoms with Crippen molar-refractivity contribution in [2.75, 3.05) is 11.9 Å². The van der Waals surface area contributed by atoms with Gasteiger partial charge in [-0.1, -0.05) is 0 Å². The van der Waals surface area contributed by atoms with Crippen molar-refractivity contribution in [3.8, 4) is 5.75 Å². The van der Waals surface area contributed by atoms with E-state index in [9.17, 15) is 19.1 Å². The number of hydrogen-bond acceptors (Lipinski definition) is 3. The first-order valence-corrected chi connectivity index (χ1v) is 6.62. The van der Waals surface area contributed by atoms with E-state index in [0.29, 0.717) is 13.0 Å². The Morgan fingerprint density at radius 1 is 1.35 bits per heavy atom. The van der Waals surface area contributed by atoms with Crippen molar-refractivity contribution in [1.29, 1.82) is 0 Å². The quantitative estimate of drug-likeness (QED) is 0.549. The van der Waals surface area contributed by atoms with Gasteiger partial charge in [-0.25, -0.2) is 4.39 Å². The molecule has 1 aliphatic rings. The normalized spacial score (nSPS) is 13.8. The van der Waals surface area contributed by atoms with E-state index >= 15 is 0 Å². The largest absolute Gasteiger partial charge is 0.506 e. The summed E-state index contributed by atoms with van der Waals surface area (Å²) in [6, 6.07) is 3.35. The summed E-state index contributed by atoms with van der Waals surface area (Å²) in [7, 11) is 0. The van der Waals surface area contributed by atoms with Gasteiger partial charge < -0.3 is 15.7 Å². The minimum atomic E-state index is -0.533. The van der Waals surface area contributed by atoms with Crippen LogP contribution in [0.4, 0.5) is 10.1 Å². The number of nitrogens with one attached hydrogen (secondary N) is 2. The van der Waals surface area contributed by atoms with Crippen LogP contribution in [-0.4, -0.2) is 23.5 Å². The van der Waals surface area contributed by atoms with Crippen molar-refractivity contribution in [3.05, 3.63) is 24.0 Å². The smallest absolute Gasteiger partial charge is 0.224 e. The summed E-state index contributed by atoms with van der Waals surface area (Å²) in [6.45, 7) is 0.442. The number of rotatable bonds is 6. The maximum absolute atomic E-state index is 13.0. The van der Waals surface area contributed by atoms with Crippen LogP contribution in [0.15, 0.2) is 18.2 Å². The minimum Gasteiger partial charge on any atom is -0.506 e. The number of halogens is 1. The summed E-state index contributed by atoms with van der Waals surface area (Å²) in [5, 5.41) is 14.6. The van der Waals surface area contributed by atoms with Gasteiger partial charge in [-0.05, 0) is 31.4 Å². The summed E-state index contributed by atoms with van der Waals surface area (Å²) >= 11 is 0. The number of amides is 2. The number of carbonyl (C=O) groups is 2. The molecule has 0 radical (unpaired) electrons. The fourth-order valence-electron chi connectivity index (χ4n) is 1.77. The van der Waals surface area contributed by atoms with Gasteiger partial charge in [0.25, 0.3) is 0 Å². The van der Waals surface area contributed by atoms with Crippen LogP contribution in [0.1, 0.15) is 25.7 Å². The maximum atomic E-state index is 13.0. The van der Waals surface area contributed by atoms with Gasteiger partial charge in [0.05, 0.1) is 5.69 Å². The number of benzene rings is 1. The lowest BCUT2D eigenvalue weighted by Crippen LogP contribution is -2.26. The molecule has 0 saturated heterocycles. The molecule has 1 aliphatic carbocycles. The first-order valence-electron chi connectivity index (χ1n) is 6.62. The molecular formula is C14H17FN2O3. The highest BCUT2D eigenvalue weighted by Gasteiger charge is 2.28. The molecule has 3 N–H and O–H groups in total. The predicted molar refractivity (Wildman–Crippen MR) is 71.7 cm³/mol. The fraction of sp³-hybridized carbons (Fsp3) is 0.429. The number of phenols is 1. The summed E-state index contributed by atoms with van der Waals surface area (Å²) in [5.74, 6) is -0.829. The molecule has 1 saturated carbocycles. The highest BCUT2D eigenvalue weighted by molar-refractivity contribution is 5.92. The number of carbonyl (C=O) groups excluding carboxylic acids is 2. The van der Waals surface area contributed by atoms with Crippen LogP contribution in [0.3, 0.4) is 0 Å². The first kappa shape index (κ1) is 14.3. The highest BCUT2D eigenvalue weighted by atomic mass is 19.1. The van der Waals surface area contributed by atoms with Crippen molar-refractivity contribution in [1.82, 2.24) is 5.32 Å². The second-order valence-corrected chi connectivity index (χ2v) is 4.88. The Hall–Kier alpha value is -2.11. The van der Waals surface area contributed by atoms with E-state index in [0.717, 1.165) is 25.0 Å². The van der Waals surface area contributed by atoms with Gasteiger partial charge in [0.2, 0.25) is 11.8 Å². The fourth-order valence-corrected chi connectivity index (χ4v) is 1.77. The molecule has 0 bridgehead atoms. The molecule has 0 aromatic heterocycles. The van der Waals surface area contributed by atoms with Crippen LogP contribution in [0.2, 0.25) is 0 Å². The Kier molecular flexibility index (Phi) is 4.55. The topological polar surface area (TPSA) is 78.4 Å². The van der Waals surface area contributed by atoms with E-state index in [2.05, 4.69) is 10.6 Å². The lowest BCUT2D eigenvalue weighted by molar-refractivity contribution is -0.122. The molecule has 0 unspecified atom stereocenters. The first-order chi connectivity index (χ1) is 9.56.